The first-order valence-electron chi connectivity index (χ1n) is 7.61. The van der Waals surface area contributed by atoms with E-state index in [1.807, 2.05) is 4.90 Å². The van der Waals surface area contributed by atoms with E-state index < -0.39 is 0 Å². The van der Waals surface area contributed by atoms with Gasteiger partial charge in [0.2, 0.25) is 5.91 Å². The minimum atomic E-state index is 0.0674. The quantitative estimate of drug-likeness (QED) is 0.762. The molecule has 0 bridgehead atoms. The van der Waals surface area contributed by atoms with E-state index in [1.54, 1.807) is 6.92 Å². The lowest BCUT2D eigenvalue weighted by Crippen LogP contribution is -2.40. The monoisotopic (exact) mass is 289 g/mol. The van der Waals surface area contributed by atoms with E-state index >= 15 is 0 Å². The summed E-state index contributed by atoms with van der Waals surface area (Å²) < 4.78 is 2.25. The van der Waals surface area contributed by atoms with E-state index in [9.17, 15) is 4.79 Å². The molecule has 114 valence electrons. The molecule has 1 saturated heterocycles. The van der Waals surface area contributed by atoms with Crippen LogP contribution in [0.5, 0.6) is 0 Å². The lowest BCUT2D eigenvalue weighted by molar-refractivity contribution is -0.128. The second kappa shape index (κ2) is 5.60. The lowest BCUT2D eigenvalue weighted by atomic mass is 9.96. The number of aromatic nitrogens is 3. The predicted molar refractivity (Wildman–Crippen MR) is 79.7 cm³/mol. The average Bonchev–Trinajstić information content (AvgIpc) is 2.89. The van der Waals surface area contributed by atoms with Gasteiger partial charge in [0.1, 0.15) is 11.6 Å². The second-order valence-electron chi connectivity index (χ2n) is 6.23. The number of carbonyl (C=O) groups is 1. The Labute approximate surface area is 125 Å². The van der Waals surface area contributed by atoms with Crippen LogP contribution in [0.2, 0.25) is 0 Å². The molecule has 2 aliphatic rings. The molecule has 21 heavy (non-hydrogen) atoms. The van der Waals surface area contributed by atoms with Crippen LogP contribution in [0.4, 0.5) is 0 Å². The van der Waals surface area contributed by atoms with Gasteiger partial charge in [0.15, 0.2) is 0 Å². The summed E-state index contributed by atoms with van der Waals surface area (Å²) in [5, 5.41) is 8.76. The molecule has 0 aliphatic carbocycles. The fraction of sp³-hybridized carbons (Fsp3) is 0.667. The van der Waals surface area contributed by atoms with Crippen LogP contribution in [0.15, 0.2) is 12.2 Å². The Morgan fingerprint density at radius 1 is 1.29 bits per heavy atom. The third-order valence-electron chi connectivity index (χ3n) is 4.41. The third kappa shape index (κ3) is 2.72. The van der Waals surface area contributed by atoms with Crippen molar-refractivity contribution in [3.8, 4) is 0 Å². The molecule has 6 heteroatoms. The summed E-state index contributed by atoms with van der Waals surface area (Å²) in [7, 11) is 2.10. The second-order valence-corrected chi connectivity index (χ2v) is 6.23. The Morgan fingerprint density at radius 3 is 2.86 bits per heavy atom. The molecule has 2 aliphatic heterocycles. The van der Waals surface area contributed by atoms with Gasteiger partial charge in [0.05, 0.1) is 6.54 Å². The van der Waals surface area contributed by atoms with Crippen molar-refractivity contribution in [2.45, 2.75) is 38.8 Å². The summed E-state index contributed by atoms with van der Waals surface area (Å²) in [6, 6.07) is 0. The number of piperidine rings is 1. The van der Waals surface area contributed by atoms with E-state index in [0.717, 1.165) is 57.2 Å². The number of fused-ring (bicyclic) bond motifs is 1. The Hall–Kier alpha value is -1.69. The highest BCUT2D eigenvalue weighted by atomic mass is 16.2. The van der Waals surface area contributed by atoms with Crippen LogP contribution in [0, 0.1) is 0 Å². The number of amides is 1. The molecule has 1 atom stereocenters. The largest absolute Gasteiger partial charge is 0.338 e. The summed E-state index contributed by atoms with van der Waals surface area (Å²) in [5.41, 5.74) is 0.612. The molecule has 3 rings (SSSR count). The SMILES string of the molecule is C=C(C)C(=O)N1CCCC(c2nnc3n2CCN(C)C3)C1. The molecular weight excluding hydrogens is 266 g/mol. The van der Waals surface area contributed by atoms with E-state index in [2.05, 4.69) is 33.3 Å². The first kappa shape index (κ1) is 14.3. The maximum atomic E-state index is 12.1. The molecule has 1 aromatic heterocycles. The van der Waals surface area contributed by atoms with Crippen molar-refractivity contribution in [3.05, 3.63) is 23.8 Å². The Balaban J connectivity index is 1.78. The van der Waals surface area contributed by atoms with Crippen molar-refractivity contribution in [3.63, 3.8) is 0 Å². The van der Waals surface area contributed by atoms with Gasteiger partial charge in [0.25, 0.3) is 0 Å². The van der Waals surface area contributed by atoms with Gasteiger partial charge in [-0.1, -0.05) is 6.58 Å². The first-order valence-corrected chi connectivity index (χ1v) is 7.61. The summed E-state index contributed by atoms with van der Waals surface area (Å²) in [5.74, 6) is 2.46. The summed E-state index contributed by atoms with van der Waals surface area (Å²) >= 11 is 0. The molecule has 0 aromatic carbocycles. The number of likely N-dealkylation sites (tertiary alicyclic amines) is 1. The summed E-state index contributed by atoms with van der Waals surface area (Å²) in [4.78, 5) is 16.3. The molecule has 3 heterocycles. The third-order valence-corrected chi connectivity index (χ3v) is 4.41. The van der Waals surface area contributed by atoms with Crippen molar-refractivity contribution in [1.82, 2.24) is 24.6 Å². The Morgan fingerprint density at radius 2 is 2.10 bits per heavy atom. The number of carbonyl (C=O) groups excluding carboxylic acids is 1. The molecule has 1 unspecified atom stereocenters. The van der Waals surface area contributed by atoms with Gasteiger partial charge in [-0.05, 0) is 26.8 Å². The van der Waals surface area contributed by atoms with Crippen molar-refractivity contribution in [2.75, 3.05) is 26.7 Å². The number of likely N-dealkylation sites (N-methyl/N-ethyl adjacent to an activating group) is 1. The molecular formula is C15H23N5O. The van der Waals surface area contributed by atoms with Crippen molar-refractivity contribution < 1.29 is 4.79 Å². The van der Waals surface area contributed by atoms with Crippen LogP contribution in [-0.4, -0.2) is 57.2 Å². The van der Waals surface area contributed by atoms with E-state index in [-0.39, 0.29) is 5.91 Å². The van der Waals surface area contributed by atoms with Crippen LogP contribution < -0.4 is 0 Å². The lowest BCUT2D eigenvalue weighted by Gasteiger charge is -2.33. The van der Waals surface area contributed by atoms with Gasteiger partial charge in [-0.2, -0.15) is 0 Å². The molecule has 0 radical (unpaired) electrons. The smallest absolute Gasteiger partial charge is 0.248 e. The maximum Gasteiger partial charge on any atom is 0.248 e. The number of nitrogens with zero attached hydrogens (tertiary/aromatic N) is 5. The minimum absolute atomic E-state index is 0.0674. The number of hydrogen-bond acceptors (Lipinski definition) is 4. The fourth-order valence-corrected chi connectivity index (χ4v) is 3.25. The highest BCUT2D eigenvalue weighted by molar-refractivity contribution is 5.92. The van der Waals surface area contributed by atoms with Crippen molar-refractivity contribution in [2.24, 2.45) is 0 Å². The van der Waals surface area contributed by atoms with Gasteiger partial charge in [-0.25, -0.2) is 0 Å². The van der Waals surface area contributed by atoms with Gasteiger partial charge >= 0.3 is 0 Å². The van der Waals surface area contributed by atoms with Crippen LogP contribution in [0.25, 0.3) is 0 Å². The molecule has 1 aromatic rings. The molecule has 6 nitrogen and oxygen atoms in total. The van der Waals surface area contributed by atoms with E-state index in [1.165, 1.54) is 0 Å². The topological polar surface area (TPSA) is 54.3 Å². The molecule has 1 amide bonds. The van der Waals surface area contributed by atoms with Crippen LogP contribution in [-0.2, 0) is 17.9 Å². The van der Waals surface area contributed by atoms with E-state index in [0.29, 0.717) is 11.5 Å². The maximum absolute atomic E-state index is 12.1. The normalized spacial score (nSPS) is 23.0. The summed E-state index contributed by atoms with van der Waals surface area (Å²) in [6.07, 6.45) is 2.10. The number of rotatable bonds is 2. The fourth-order valence-electron chi connectivity index (χ4n) is 3.25. The van der Waals surface area contributed by atoms with Crippen LogP contribution >= 0.6 is 0 Å². The number of hydrogen-bond donors (Lipinski definition) is 0. The van der Waals surface area contributed by atoms with Crippen molar-refractivity contribution >= 4 is 5.91 Å². The molecule has 0 N–H and O–H groups in total. The summed E-state index contributed by atoms with van der Waals surface area (Å²) in [6.45, 7) is 9.93. The Bertz CT molecular complexity index is 564. The van der Waals surface area contributed by atoms with Gasteiger partial charge in [0, 0.05) is 37.7 Å². The zero-order valence-electron chi connectivity index (χ0n) is 12.9. The molecule has 0 spiro atoms. The zero-order valence-corrected chi connectivity index (χ0v) is 12.9. The van der Waals surface area contributed by atoms with Crippen LogP contribution in [0.3, 0.4) is 0 Å². The minimum Gasteiger partial charge on any atom is -0.338 e. The molecule has 1 fully saturated rings. The standard InChI is InChI=1S/C15H23N5O/c1-11(2)15(21)19-6-4-5-12(9-19)14-17-16-13-10-18(3)7-8-20(13)14/h12H,1,4-10H2,2-3H3. The van der Waals surface area contributed by atoms with Crippen molar-refractivity contribution in [1.29, 1.82) is 0 Å². The Kier molecular flexibility index (Phi) is 3.80. The van der Waals surface area contributed by atoms with Crippen LogP contribution in [0.1, 0.15) is 37.3 Å². The average molecular weight is 289 g/mol. The van der Waals surface area contributed by atoms with Gasteiger partial charge < -0.3 is 9.47 Å². The first-order chi connectivity index (χ1) is 10.1. The zero-order chi connectivity index (χ0) is 15.0. The van der Waals surface area contributed by atoms with Gasteiger partial charge in [-0.15, -0.1) is 10.2 Å². The van der Waals surface area contributed by atoms with Gasteiger partial charge in [-0.3, -0.25) is 9.69 Å². The highest BCUT2D eigenvalue weighted by Crippen LogP contribution is 2.27. The predicted octanol–water partition coefficient (Wildman–Crippen LogP) is 1.01. The molecule has 0 saturated carbocycles. The van der Waals surface area contributed by atoms with E-state index in [4.69, 9.17) is 0 Å². The highest BCUT2D eigenvalue weighted by Gasteiger charge is 2.30.